The smallest absolute Gasteiger partial charge is 0.387 e. The minimum atomic E-state index is -3.06. The molecule has 1 aliphatic heterocycles. The van der Waals surface area contributed by atoms with Gasteiger partial charge in [0.1, 0.15) is 22.8 Å². The third kappa shape index (κ3) is 4.59. The molecule has 2 atom stereocenters. The van der Waals surface area contributed by atoms with E-state index in [0.717, 1.165) is 0 Å². The lowest BCUT2D eigenvalue weighted by Gasteiger charge is -2.26. The number of sulfone groups is 1. The number of pyridine rings is 1. The number of anilines is 1. The second kappa shape index (κ2) is 9.19. The number of imidazole rings is 1. The maximum Gasteiger partial charge on any atom is 0.387 e. The van der Waals surface area contributed by atoms with Gasteiger partial charge in [-0.15, -0.1) is 0 Å². The number of hydrogen-bond acceptors (Lipinski definition) is 8. The van der Waals surface area contributed by atoms with Gasteiger partial charge in [0.25, 0.3) is 0 Å². The van der Waals surface area contributed by atoms with Gasteiger partial charge in [0, 0.05) is 60.4 Å². The van der Waals surface area contributed by atoms with Crippen LogP contribution in [-0.4, -0.2) is 64.1 Å². The summed E-state index contributed by atoms with van der Waals surface area (Å²) in [5.41, 5.74) is 0.779. The predicted molar refractivity (Wildman–Crippen MR) is 136 cm³/mol. The van der Waals surface area contributed by atoms with Crippen LogP contribution in [0.5, 0.6) is 5.75 Å². The van der Waals surface area contributed by atoms with Crippen molar-refractivity contribution in [1.29, 1.82) is 0 Å². The van der Waals surface area contributed by atoms with Crippen LogP contribution in [0.1, 0.15) is 36.2 Å². The molecule has 4 heterocycles. The van der Waals surface area contributed by atoms with Crippen molar-refractivity contribution in [3.8, 4) is 16.9 Å². The average Bonchev–Trinajstić information content (AvgIpc) is 3.38. The third-order valence-corrected chi connectivity index (χ3v) is 8.88. The second-order valence-electron chi connectivity index (χ2n) is 9.97. The summed E-state index contributed by atoms with van der Waals surface area (Å²) in [5.74, 6) is -0.744. The van der Waals surface area contributed by atoms with Crippen molar-refractivity contribution in [2.24, 2.45) is 0 Å². The lowest BCUT2D eigenvalue weighted by molar-refractivity contribution is -0.0506. The van der Waals surface area contributed by atoms with Gasteiger partial charge in [0.15, 0.2) is 9.84 Å². The van der Waals surface area contributed by atoms with E-state index in [1.54, 1.807) is 34.4 Å². The van der Waals surface area contributed by atoms with Crippen molar-refractivity contribution < 1.29 is 31.4 Å². The SMILES string of the molecule is C[C@@]1(O)C[C@H](c2ccccc2OC(F)F)c2c1nc1cc(F)c(-c3cnc(N4CCS(=O)(=O)CC4)nc3)cn21. The molecule has 204 valence electrons. The molecule has 0 saturated carbocycles. The normalized spacial score (nSPS) is 22.4. The average molecular weight is 560 g/mol. The zero-order valence-corrected chi connectivity index (χ0v) is 21.6. The molecule has 0 radical (unpaired) electrons. The van der Waals surface area contributed by atoms with E-state index in [4.69, 9.17) is 4.74 Å². The summed E-state index contributed by atoms with van der Waals surface area (Å²) in [5, 5.41) is 11.2. The van der Waals surface area contributed by atoms with Crippen LogP contribution in [0.15, 0.2) is 48.9 Å². The number of ether oxygens (including phenoxy) is 1. The number of nitrogens with zero attached hydrogens (tertiary/aromatic N) is 5. The number of hydrogen-bond donors (Lipinski definition) is 1. The molecular weight excluding hydrogens is 535 g/mol. The van der Waals surface area contributed by atoms with Crippen LogP contribution in [0.25, 0.3) is 16.8 Å². The molecule has 9 nitrogen and oxygen atoms in total. The van der Waals surface area contributed by atoms with Crippen LogP contribution < -0.4 is 9.64 Å². The van der Waals surface area contributed by atoms with Crippen LogP contribution in [0.3, 0.4) is 0 Å². The first-order valence-corrected chi connectivity index (χ1v) is 14.1. The van der Waals surface area contributed by atoms with Gasteiger partial charge in [-0.2, -0.15) is 8.78 Å². The summed E-state index contributed by atoms with van der Waals surface area (Å²) in [6, 6.07) is 7.63. The molecular formula is C26H24F3N5O4S. The molecule has 0 bridgehead atoms. The van der Waals surface area contributed by atoms with Gasteiger partial charge in [0.2, 0.25) is 5.95 Å². The van der Waals surface area contributed by atoms with E-state index in [9.17, 15) is 22.3 Å². The summed E-state index contributed by atoms with van der Waals surface area (Å²) >= 11 is 0. The molecule has 1 saturated heterocycles. The largest absolute Gasteiger partial charge is 0.435 e. The van der Waals surface area contributed by atoms with E-state index in [-0.39, 0.29) is 48.0 Å². The zero-order chi connectivity index (χ0) is 27.5. The Morgan fingerprint density at radius 3 is 2.54 bits per heavy atom. The van der Waals surface area contributed by atoms with Crippen LogP contribution in [0.4, 0.5) is 19.1 Å². The van der Waals surface area contributed by atoms with Crippen LogP contribution >= 0.6 is 0 Å². The number of para-hydroxylation sites is 1. The highest BCUT2D eigenvalue weighted by Gasteiger charge is 2.45. The first kappa shape index (κ1) is 25.6. The molecule has 39 heavy (non-hydrogen) atoms. The fourth-order valence-corrected chi connectivity index (χ4v) is 6.58. The second-order valence-corrected chi connectivity index (χ2v) is 12.3. The molecule has 0 amide bonds. The Morgan fingerprint density at radius 1 is 1.15 bits per heavy atom. The number of alkyl halides is 2. The standard InChI is InChI=1S/C26H24F3N5O4S/c1-26(35)11-17(16-4-2-3-5-20(16)38-24(28)29)22-23(26)32-21-10-19(27)18(14-34(21)22)15-12-30-25(31-13-15)33-6-8-39(36,37)9-7-33/h2-5,10,12-14,17,24,35H,6-9,11H2,1H3/t17-,26-/m1/s1. The van der Waals surface area contributed by atoms with Gasteiger partial charge in [-0.3, -0.25) is 0 Å². The van der Waals surface area contributed by atoms with Gasteiger partial charge >= 0.3 is 6.61 Å². The summed E-state index contributed by atoms with van der Waals surface area (Å²) in [4.78, 5) is 14.9. The molecule has 0 spiro atoms. The summed E-state index contributed by atoms with van der Waals surface area (Å²) in [7, 11) is -3.06. The molecule has 2 aliphatic rings. The maximum absolute atomic E-state index is 15.3. The first-order valence-electron chi connectivity index (χ1n) is 12.3. The van der Waals surface area contributed by atoms with E-state index >= 15 is 4.39 Å². The lowest BCUT2D eigenvalue weighted by Crippen LogP contribution is -2.41. The summed E-state index contributed by atoms with van der Waals surface area (Å²) in [6.45, 7) is -0.875. The summed E-state index contributed by atoms with van der Waals surface area (Å²) in [6.07, 6.45) is 4.64. The number of halogens is 3. The fraction of sp³-hybridized carbons (Fsp3) is 0.346. The van der Waals surface area contributed by atoms with Gasteiger partial charge in [-0.1, -0.05) is 18.2 Å². The number of fused-ring (bicyclic) bond motifs is 3. The molecule has 1 N–H and O–H groups in total. The van der Waals surface area contributed by atoms with E-state index in [1.807, 2.05) is 0 Å². The minimum Gasteiger partial charge on any atom is -0.435 e. The van der Waals surface area contributed by atoms with Crippen molar-refractivity contribution in [1.82, 2.24) is 19.4 Å². The van der Waals surface area contributed by atoms with Crippen molar-refractivity contribution in [2.45, 2.75) is 31.5 Å². The quantitative estimate of drug-likeness (QED) is 0.396. The molecule has 1 fully saturated rings. The minimum absolute atomic E-state index is 0.00654. The highest BCUT2D eigenvalue weighted by Crippen LogP contribution is 2.49. The zero-order valence-electron chi connectivity index (χ0n) is 20.8. The monoisotopic (exact) mass is 559 g/mol. The van der Waals surface area contributed by atoms with Gasteiger partial charge in [0.05, 0.1) is 22.9 Å². The van der Waals surface area contributed by atoms with Crippen molar-refractivity contribution >= 4 is 21.4 Å². The molecule has 13 heteroatoms. The fourth-order valence-electron chi connectivity index (χ4n) is 5.38. The third-order valence-electron chi connectivity index (χ3n) is 7.28. The van der Waals surface area contributed by atoms with E-state index in [2.05, 4.69) is 15.0 Å². The summed E-state index contributed by atoms with van der Waals surface area (Å²) < 4.78 is 71.4. The lowest BCUT2D eigenvalue weighted by atomic mass is 9.93. The Balaban J connectivity index is 1.41. The molecule has 4 aromatic rings. The van der Waals surface area contributed by atoms with Crippen LogP contribution in [0, 0.1) is 5.82 Å². The molecule has 6 rings (SSSR count). The number of benzene rings is 1. The van der Waals surface area contributed by atoms with Gasteiger partial charge in [-0.25, -0.2) is 27.8 Å². The number of aliphatic hydroxyl groups is 1. The van der Waals surface area contributed by atoms with Crippen molar-refractivity contribution in [2.75, 3.05) is 29.5 Å². The highest BCUT2D eigenvalue weighted by molar-refractivity contribution is 7.91. The van der Waals surface area contributed by atoms with Gasteiger partial charge in [-0.05, 0) is 19.4 Å². The first-order chi connectivity index (χ1) is 18.5. The van der Waals surface area contributed by atoms with Crippen LogP contribution in [-0.2, 0) is 15.4 Å². The Bertz CT molecular complexity index is 1660. The topological polar surface area (TPSA) is 110 Å². The Morgan fingerprint density at radius 2 is 1.85 bits per heavy atom. The predicted octanol–water partition coefficient (Wildman–Crippen LogP) is 3.51. The Labute approximate surface area is 221 Å². The molecule has 3 aromatic heterocycles. The van der Waals surface area contributed by atoms with E-state index in [1.165, 1.54) is 30.7 Å². The number of aromatic nitrogens is 4. The number of rotatable bonds is 5. The molecule has 0 unspecified atom stereocenters. The Hall–Kier alpha value is -3.71. The molecule has 1 aliphatic carbocycles. The highest BCUT2D eigenvalue weighted by atomic mass is 32.2. The Kier molecular flexibility index (Phi) is 6.03. The van der Waals surface area contributed by atoms with Crippen molar-refractivity contribution in [3.63, 3.8) is 0 Å². The van der Waals surface area contributed by atoms with Crippen molar-refractivity contribution in [3.05, 3.63) is 71.7 Å². The van der Waals surface area contributed by atoms with E-state index < -0.39 is 33.8 Å². The van der Waals surface area contributed by atoms with Gasteiger partial charge < -0.3 is 19.1 Å². The maximum atomic E-state index is 15.3. The molecule has 1 aromatic carbocycles. The van der Waals surface area contributed by atoms with Crippen LogP contribution in [0.2, 0.25) is 0 Å². The van der Waals surface area contributed by atoms with E-state index in [0.29, 0.717) is 28.5 Å².